The first kappa shape index (κ1) is 15.5. The molecule has 6 aromatic rings. The number of para-hydroxylation sites is 1. The van der Waals surface area contributed by atoms with Crippen molar-refractivity contribution in [1.29, 1.82) is 0 Å². The van der Waals surface area contributed by atoms with Crippen molar-refractivity contribution >= 4 is 43.2 Å². The molecule has 28 heavy (non-hydrogen) atoms. The maximum Gasteiger partial charge on any atom is 0.137 e. The summed E-state index contributed by atoms with van der Waals surface area (Å²) < 4.78 is 3.58. The molecule has 2 aromatic carbocycles. The molecule has 4 aromatic heterocycles. The highest BCUT2D eigenvalue weighted by molar-refractivity contribution is 7.17. The molecule has 0 aliphatic rings. The number of thiophene rings is 1. The summed E-state index contributed by atoms with van der Waals surface area (Å²) in [5, 5.41) is 5.95. The van der Waals surface area contributed by atoms with Gasteiger partial charge in [-0.05, 0) is 64.9 Å². The van der Waals surface area contributed by atoms with Crippen LogP contribution in [-0.2, 0) is 0 Å². The van der Waals surface area contributed by atoms with Crippen molar-refractivity contribution in [1.82, 2.24) is 14.5 Å². The minimum Gasteiger partial charge on any atom is -0.294 e. The van der Waals surface area contributed by atoms with Gasteiger partial charge < -0.3 is 0 Å². The fraction of sp³-hybridized carbons (Fsp3) is 0. The first-order valence-electron chi connectivity index (χ1n) is 9.16. The van der Waals surface area contributed by atoms with Gasteiger partial charge in [0.05, 0.1) is 11.0 Å². The highest BCUT2D eigenvalue weighted by Gasteiger charge is 2.14. The number of nitrogens with zero attached hydrogens (tertiary/aromatic N) is 3. The number of pyridine rings is 2. The Bertz CT molecular complexity index is 1440. The summed E-state index contributed by atoms with van der Waals surface area (Å²) in [6.45, 7) is 0. The molecule has 0 N–H and O–H groups in total. The topological polar surface area (TPSA) is 30.7 Å². The Morgan fingerprint density at radius 1 is 0.750 bits per heavy atom. The third-order valence-corrected chi connectivity index (χ3v) is 6.12. The fourth-order valence-electron chi connectivity index (χ4n) is 3.90. The average molecular weight is 377 g/mol. The van der Waals surface area contributed by atoms with Crippen molar-refractivity contribution in [3.05, 3.63) is 90.7 Å². The SMILES string of the molecule is c1ccc2c(c1)c1cc3sccc3cc1n2-c1ccc(-c2ccncc2)cn1. The molecule has 0 saturated heterocycles. The van der Waals surface area contributed by atoms with Crippen LogP contribution >= 0.6 is 11.3 Å². The van der Waals surface area contributed by atoms with E-state index in [2.05, 4.69) is 69.5 Å². The number of benzene rings is 2. The van der Waals surface area contributed by atoms with Crippen molar-refractivity contribution in [2.24, 2.45) is 0 Å². The number of hydrogen-bond acceptors (Lipinski definition) is 3. The van der Waals surface area contributed by atoms with Gasteiger partial charge in [-0.25, -0.2) is 4.98 Å². The molecule has 0 aliphatic carbocycles. The summed E-state index contributed by atoms with van der Waals surface area (Å²) in [6.07, 6.45) is 5.55. The summed E-state index contributed by atoms with van der Waals surface area (Å²) in [5.41, 5.74) is 4.58. The molecule has 0 amide bonds. The van der Waals surface area contributed by atoms with Gasteiger partial charge in [-0.2, -0.15) is 0 Å². The van der Waals surface area contributed by atoms with E-state index >= 15 is 0 Å². The average Bonchev–Trinajstić information content (AvgIpc) is 3.35. The molecule has 0 bridgehead atoms. The van der Waals surface area contributed by atoms with Gasteiger partial charge in [0.15, 0.2) is 0 Å². The van der Waals surface area contributed by atoms with E-state index in [1.807, 2.05) is 30.7 Å². The van der Waals surface area contributed by atoms with E-state index < -0.39 is 0 Å². The van der Waals surface area contributed by atoms with Gasteiger partial charge in [0.2, 0.25) is 0 Å². The second-order valence-corrected chi connectivity index (χ2v) is 7.77. The molecule has 6 rings (SSSR count). The van der Waals surface area contributed by atoms with Crippen LogP contribution in [0.25, 0.3) is 48.8 Å². The monoisotopic (exact) mass is 377 g/mol. The van der Waals surface area contributed by atoms with E-state index in [1.165, 1.54) is 31.9 Å². The minimum absolute atomic E-state index is 0.929. The standard InChI is InChI=1S/C24H15N3S/c1-2-4-21-19(3-1)20-14-23-17(9-12-28-23)13-22(20)27(21)24-6-5-18(15-26-24)16-7-10-25-11-8-16/h1-15H. The summed E-state index contributed by atoms with van der Waals surface area (Å²) in [5.74, 6) is 0.929. The molecular weight excluding hydrogens is 362 g/mol. The highest BCUT2D eigenvalue weighted by atomic mass is 32.1. The van der Waals surface area contributed by atoms with Crippen LogP contribution in [0.5, 0.6) is 0 Å². The van der Waals surface area contributed by atoms with E-state index in [4.69, 9.17) is 4.98 Å². The first-order chi connectivity index (χ1) is 13.9. The van der Waals surface area contributed by atoms with E-state index in [0.717, 1.165) is 16.9 Å². The van der Waals surface area contributed by atoms with Gasteiger partial charge in [-0.15, -0.1) is 11.3 Å². The quantitative estimate of drug-likeness (QED) is 0.347. The van der Waals surface area contributed by atoms with Crippen LogP contribution in [0.2, 0.25) is 0 Å². The van der Waals surface area contributed by atoms with Gasteiger partial charge >= 0.3 is 0 Å². The Morgan fingerprint density at radius 3 is 2.50 bits per heavy atom. The second-order valence-electron chi connectivity index (χ2n) is 6.82. The van der Waals surface area contributed by atoms with E-state index in [0.29, 0.717) is 0 Å². The number of aromatic nitrogens is 3. The molecule has 132 valence electrons. The van der Waals surface area contributed by atoms with Gasteiger partial charge in [0, 0.05) is 39.6 Å². The molecule has 0 saturated carbocycles. The maximum atomic E-state index is 4.81. The summed E-state index contributed by atoms with van der Waals surface area (Å²) in [6, 6.07) is 23.5. The molecule has 0 spiro atoms. The Balaban J connectivity index is 1.62. The van der Waals surface area contributed by atoms with Crippen LogP contribution in [0.3, 0.4) is 0 Å². The lowest BCUT2D eigenvalue weighted by Crippen LogP contribution is -1.97. The van der Waals surface area contributed by atoms with Crippen molar-refractivity contribution in [3.8, 4) is 16.9 Å². The molecule has 0 atom stereocenters. The zero-order valence-corrected chi connectivity index (χ0v) is 15.7. The van der Waals surface area contributed by atoms with Crippen LogP contribution in [0.4, 0.5) is 0 Å². The van der Waals surface area contributed by atoms with Crippen molar-refractivity contribution in [3.63, 3.8) is 0 Å². The predicted octanol–water partition coefficient (Wildman–Crippen LogP) is 6.46. The fourth-order valence-corrected chi connectivity index (χ4v) is 4.71. The van der Waals surface area contributed by atoms with Gasteiger partial charge in [-0.1, -0.05) is 18.2 Å². The number of fused-ring (bicyclic) bond motifs is 4. The molecule has 0 unspecified atom stereocenters. The molecule has 0 fully saturated rings. The van der Waals surface area contributed by atoms with E-state index in [1.54, 1.807) is 11.3 Å². The van der Waals surface area contributed by atoms with Crippen LogP contribution in [-0.4, -0.2) is 14.5 Å². The van der Waals surface area contributed by atoms with Gasteiger partial charge in [0.25, 0.3) is 0 Å². The van der Waals surface area contributed by atoms with Crippen LogP contribution in [0.1, 0.15) is 0 Å². The minimum atomic E-state index is 0.929. The van der Waals surface area contributed by atoms with Crippen LogP contribution in [0, 0.1) is 0 Å². The predicted molar refractivity (Wildman–Crippen MR) is 117 cm³/mol. The molecule has 4 heteroatoms. The Labute approximate surface area is 165 Å². The Morgan fingerprint density at radius 2 is 1.64 bits per heavy atom. The summed E-state index contributed by atoms with van der Waals surface area (Å²) >= 11 is 1.79. The molecule has 0 aliphatic heterocycles. The smallest absolute Gasteiger partial charge is 0.137 e. The van der Waals surface area contributed by atoms with E-state index in [9.17, 15) is 0 Å². The Hall–Kier alpha value is -3.50. The summed E-state index contributed by atoms with van der Waals surface area (Å²) in [4.78, 5) is 8.90. The Kier molecular flexibility index (Phi) is 3.34. The molecule has 4 heterocycles. The van der Waals surface area contributed by atoms with Gasteiger partial charge in [-0.3, -0.25) is 9.55 Å². The molecule has 3 nitrogen and oxygen atoms in total. The van der Waals surface area contributed by atoms with Crippen LogP contribution in [0.15, 0.2) is 90.7 Å². The molecule has 0 radical (unpaired) electrons. The number of hydrogen-bond donors (Lipinski definition) is 0. The van der Waals surface area contributed by atoms with Crippen molar-refractivity contribution in [2.45, 2.75) is 0 Å². The maximum absolute atomic E-state index is 4.81. The van der Waals surface area contributed by atoms with Crippen molar-refractivity contribution in [2.75, 3.05) is 0 Å². The van der Waals surface area contributed by atoms with Gasteiger partial charge in [0.1, 0.15) is 5.82 Å². The highest BCUT2D eigenvalue weighted by Crippen LogP contribution is 2.35. The largest absolute Gasteiger partial charge is 0.294 e. The summed E-state index contributed by atoms with van der Waals surface area (Å²) in [7, 11) is 0. The second kappa shape index (κ2) is 6.01. The lowest BCUT2D eigenvalue weighted by atomic mass is 10.1. The third kappa shape index (κ3) is 2.28. The first-order valence-corrected chi connectivity index (χ1v) is 10.0. The third-order valence-electron chi connectivity index (χ3n) is 5.24. The lowest BCUT2D eigenvalue weighted by molar-refractivity contribution is 1.08. The van der Waals surface area contributed by atoms with E-state index in [-0.39, 0.29) is 0 Å². The lowest BCUT2D eigenvalue weighted by Gasteiger charge is -2.08. The van der Waals surface area contributed by atoms with Crippen molar-refractivity contribution < 1.29 is 0 Å². The zero-order chi connectivity index (χ0) is 18.5. The normalized spacial score (nSPS) is 11.6. The zero-order valence-electron chi connectivity index (χ0n) is 14.9. The number of rotatable bonds is 2. The molecular formula is C24H15N3S. The van der Waals surface area contributed by atoms with Crippen LogP contribution < -0.4 is 0 Å².